The number of hydrogen-bond acceptors (Lipinski definition) is 4. The lowest BCUT2D eigenvalue weighted by atomic mass is 10.2. The number of nitrogens with one attached hydrogen (secondary N) is 1. The van der Waals surface area contributed by atoms with E-state index in [0.29, 0.717) is 5.56 Å². The number of hydrogen-bond donors (Lipinski definition) is 3. The Labute approximate surface area is 189 Å². The van der Waals surface area contributed by atoms with Gasteiger partial charge in [0.15, 0.2) is 0 Å². The molecule has 4 aromatic rings. The molecule has 0 fully saturated rings. The lowest BCUT2D eigenvalue weighted by molar-refractivity contribution is 0.325. The summed E-state index contributed by atoms with van der Waals surface area (Å²) in [6, 6.07) is 19.1. The molecule has 2 heterocycles. The standard InChI is InChI=1S/C23H21N4O3PS/c1-16(27(2)31(28,29)30)19-8-3-4-9-23(19)32-18-11-12-20-21(25-26-22(20)15-18)13-10-17-7-5-6-14-24-17/h3-15H,1H2,2H3,(H,25,26)(H2,28,29,30)/b13-10+. The fraction of sp³-hybridized carbons (Fsp3) is 0.0435. The number of nitrogens with zero attached hydrogens (tertiary/aromatic N) is 3. The molecule has 9 heteroatoms. The zero-order chi connectivity index (χ0) is 22.7. The molecule has 0 spiro atoms. The Hall–Kier alpha value is -3.16. The van der Waals surface area contributed by atoms with E-state index < -0.39 is 7.75 Å². The molecule has 7 nitrogen and oxygen atoms in total. The summed E-state index contributed by atoms with van der Waals surface area (Å²) in [5.41, 5.74) is 3.48. The summed E-state index contributed by atoms with van der Waals surface area (Å²) in [6.45, 7) is 3.88. The predicted octanol–water partition coefficient (Wildman–Crippen LogP) is 5.27. The topological polar surface area (TPSA) is 102 Å². The van der Waals surface area contributed by atoms with Crippen molar-refractivity contribution in [2.75, 3.05) is 7.05 Å². The van der Waals surface area contributed by atoms with Crippen molar-refractivity contribution in [2.45, 2.75) is 9.79 Å². The summed E-state index contributed by atoms with van der Waals surface area (Å²) >= 11 is 1.49. The Balaban J connectivity index is 1.59. The molecule has 0 radical (unpaired) electrons. The number of fused-ring (bicyclic) bond motifs is 1. The minimum atomic E-state index is -4.44. The maximum atomic E-state index is 11.6. The van der Waals surface area contributed by atoms with Gasteiger partial charge in [0.05, 0.1) is 16.9 Å². The van der Waals surface area contributed by atoms with Crippen molar-refractivity contribution >= 4 is 48.3 Å². The van der Waals surface area contributed by atoms with Crippen molar-refractivity contribution in [3.63, 3.8) is 0 Å². The predicted molar refractivity (Wildman–Crippen MR) is 129 cm³/mol. The molecule has 0 saturated heterocycles. The summed E-state index contributed by atoms with van der Waals surface area (Å²) in [6.07, 6.45) is 5.58. The van der Waals surface area contributed by atoms with Crippen LogP contribution in [0.3, 0.4) is 0 Å². The highest BCUT2D eigenvalue weighted by molar-refractivity contribution is 7.99. The zero-order valence-corrected chi connectivity index (χ0v) is 18.9. The largest absolute Gasteiger partial charge is 0.429 e. The van der Waals surface area contributed by atoms with Crippen LogP contribution in [0.25, 0.3) is 28.8 Å². The van der Waals surface area contributed by atoms with Crippen LogP contribution in [0.4, 0.5) is 0 Å². The van der Waals surface area contributed by atoms with Gasteiger partial charge in [0.1, 0.15) is 0 Å². The molecule has 0 bridgehead atoms. The highest BCUT2D eigenvalue weighted by atomic mass is 32.2. The third-order valence-corrected chi connectivity index (χ3v) is 6.96. The first kappa shape index (κ1) is 22.0. The molecule has 0 aliphatic heterocycles. The maximum Gasteiger partial charge on any atom is 0.429 e. The third kappa shape index (κ3) is 4.84. The van der Waals surface area contributed by atoms with Gasteiger partial charge in [-0.25, -0.2) is 4.57 Å². The van der Waals surface area contributed by atoms with E-state index in [1.54, 1.807) is 12.3 Å². The zero-order valence-electron chi connectivity index (χ0n) is 17.2. The second kappa shape index (κ2) is 9.14. The van der Waals surface area contributed by atoms with Crippen molar-refractivity contribution in [1.82, 2.24) is 19.9 Å². The second-order valence-electron chi connectivity index (χ2n) is 6.99. The van der Waals surface area contributed by atoms with Gasteiger partial charge in [-0.1, -0.05) is 42.6 Å². The summed E-state index contributed by atoms with van der Waals surface area (Å²) in [5.74, 6) is 0. The normalized spacial score (nSPS) is 11.8. The molecular weight excluding hydrogens is 443 g/mol. The summed E-state index contributed by atoms with van der Waals surface area (Å²) in [7, 11) is -3.10. The minimum absolute atomic E-state index is 0.256. The van der Waals surface area contributed by atoms with Crippen LogP contribution in [0.2, 0.25) is 0 Å². The Kier molecular flexibility index (Phi) is 6.30. The van der Waals surface area contributed by atoms with E-state index in [9.17, 15) is 14.4 Å². The number of aromatic nitrogens is 3. The molecule has 4 rings (SSSR count). The first-order valence-electron chi connectivity index (χ1n) is 9.66. The van der Waals surface area contributed by atoms with Gasteiger partial charge in [0.25, 0.3) is 0 Å². The van der Waals surface area contributed by atoms with Crippen LogP contribution in [0, 0.1) is 0 Å². The van der Waals surface area contributed by atoms with Gasteiger partial charge in [-0.3, -0.25) is 14.8 Å². The van der Waals surface area contributed by atoms with Gasteiger partial charge in [0.2, 0.25) is 0 Å². The van der Waals surface area contributed by atoms with Crippen LogP contribution in [-0.4, -0.2) is 36.7 Å². The lowest BCUT2D eigenvalue weighted by Gasteiger charge is -2.23. The van der Waals surface area contributed by atoms with Gasteiger partial charge in [-0.2, -0.15) is 5.10 Å². The summed E-state index contributed by atoms with van der Waals surface area (Å²) in [4.78, 5) is 25.0. The van der Waals surface area contributed by atoms with Gasteiger partial charge in [-0.05, 0) is 48.6 Å². The molecule has 2 aromatic carbocycles. The smallest absolute Gasteiger partial charge is 0.308 e. The number of rotatable bonds is 7. The van der Waals surface area contributed by atoms with E-state index in [0.717, 1.165) is 36.8 Å². The fourth-order valence-corrected chi connectivity index (χ4v) is 4.53. The van der Waals surface area contributed by atoms with Gasteiger partial charge >= 0.3 is 7.75 Å². The fourth-order valence-electron chi connectivity index (χ4n) is 3.10. The van der Waals surface area contributed by atoms with Crippen LogP contribution in [0.5, 0.6) is 0 Å². The maximum absolute atomic E-state index is 11.6. The first-order chi connectivity index (χ1) is 15.3. The number of H-pyrrole nitrogens is 1. The SMILES string of the molecule is C=C(c1ccccc1Sc1ccc2c(/C=C/c3ccccn3)n[nH]c2c1)N(C)P(=O)(O)O. The average Bonchev–Trinajstić information content (AvgIpc) is 3.19. The number of benzene rings is 2. The average molecular weight is 464 g/mol. The van der Waals surface area contributed by atoms with Crippen LogP contribution in [0.15, 0.2) is 83.2 Å². The van der Waals surface area contributed by atoms with Crippen molar-refractivity contribution in [3.8, 4) is 0 Å². The van der Waals surface area contributed by atoms with E-state index in [2.05, 4.69) is 21.8 Å². The van der Waals surface area contributed by atoms with Crippen molar-refractivity contribution < 1.29 is 14.4 Å². The van der Waals surface area contributed by atoms with Gasteiger partial charge in [0, 0.05) is 39.7 Å². The number of aromatic amines is 1. The summed E-state index contributed by atoms with van der Waals surface area (Å²) in [5, 5.41) is 8.45. The molecular formula is C23H21N4O3PS. The van der Waals surface area contributed by atoms with Gasteiger partial charge < -0.3 is 9.79 Å². The molecule has 32 heavy (non-hydrogen) atoms. The highest BCUT2D eigenvalue weighted by Crippen LogP contribution is 2.45. The third-order valence-electron chi connectivity index (χ3n) is 4.87. The highest BCUT2D eigenvalue weighted by Gasteiger charge is 2.24. The van der Waals surface area contributed by atoms with E-state index in [4.69, 9.17) is 0 Å². The molecule has 2 aromatic heterocycles. The Bertz CT molecular complexity index is 1350. The van der Waals surface area contributed by atoms with Crippen molar-refractivity contribution in [1.29, 1.82) is 0 Å². The minimum Gasteiger partial charge on any atom is -0.308 e. The molecule has 0 aliphatic rings. The van der Waals surface area contributed by atoms with E-state index in [1.807, 2.05) is 66.7 Å². The Morgan fingerprint density at radius 3 is 2.66 bits per heavy atom. The molecule has 3 N–H and O–H groups in total. The first-order valence-corrected chi connectivity index (χ1v) is 12.0. The van der Waals surface area contributed by atoms with E-state index in [-0.39, 0.29) is 5.70 Å². The quantitative estimate of drug-likeness (QED) is 0.320. The molecule has 0 saturated carbocycles. The van der Waals surface area contributed by atoms with Crippen LogP contribution in [0.1, 0.15) is 17.0 Å². The monoisotopic (exact) mass is 464 g/mol. The van der Waals surface area contributed by atoms with Gasteiger partial charge in [-0.15, -0.1) is 0 Å². The molecule has 162 valence electrons. The number of pyridine rings is 1. The second-order valence-corrected chi connectivity index (χ2v) is 9.73. The molecule has 0 atom stereocenters. The molecule has 0 amide bonds. The van der Waals surface area contributed by atoms with Crippen LogP contribution < -0.4 is 0 Å². The van der Waals surface area contributed by atoms with Crippen molar-refractivity contribution in [3.05, 3.63) is 90.4 Å². The Morgan fingerprint density at radius 1 is 1.12 bits per heavy atom. The molecule has 0 unspecified atom stereocenters. The van der Waals surface area contributed by atoms with E-state index in [1.165, 1.54) is 18.8 Å². The van der Waals surface area contributed by atoms with Crippen LogP contribution >= 0.6 is 19.5 Å². The Morgan fingerprint density at radius 2 is 1.91 bits per heavy atom. The van der Waals surface area contributed by atoms with E-state index >= 15 is 0 Å². The lowest BCUT2D eigenvalue weighted by Crippen LogP contribution is -2.12. The molecule has 0 aliphatic carbocycles. The summed E-state index contributed by atoms with van der Waals surface area (Å²) < 4.78 is 12.5. The van der Waals surface area contributed by atoms with Crippen LogP contribution in [-0.2, 0) is 4.57 Å². The van der Waals surface area contributed by atoms with Crippen molar-refractivity contribution in [2.24, 2.45) is 0 Å².